The summed E-state index contributed by atoms with van der Waals surface area (Å²) < 4.78 is 69.6. The lowest BCUT2D eigenvalue weighted by atomic mass is 9.97. The number of halogens is 4. The fourth-order valence-corrected chi connectivity index (χ4v) is 6.91. The van der Waals surface area contributed by atoms with Crippen LogP contribution in [0.5, 0.6) is 0 Å². The fraction of sp³-hybridized carbons (Fsp3) is 0.441. The van der Waals surface area contributed by atoms with Gasteiger partial charge in [-0.2, -0.15) is 13.2 Å². The molecule has 9 nitrogen and oxygen atoms in total. The molecule has 0 aliphatic carbocycles. The molecule has 4 rings (SSSR count). The first-order chi connectivity index (χ1) is 22.5. The van der Waals surface area contributed by atoms with E-state index in [9.17, 15) is 27.3 Å². The summed E-state index contributed by atoms with van der Waals surface area (Å²) in [6, 6.07) is 12.2. The number of anilines is 1. The zero-order chi connectivity index (χ0) is 36.5. The second-order valence-corrected chi connectivity index (χ2v) is 17.3. The van der Waals surface area contributed by atoms with Gasteiger partial charge in [0.2, 0.25) is 0 Å². The number of nitrogens with zero attached hydrogens (tertiary/aromatic N) is 2. The largest absolute Gasteiger partial charge is 0.444 e. The van der Waals surface area contributed by atoms with Crippen molar-refractivity contribution in [1.29, 1.82) is 0 Å². The maximum absolute atomic E-state index is 14.2. The molecule has 0 spiro atoms. The quantitative estimate of drug-likeness (QED) is 0.139. The monoisotopic (exact) mass is 740 g/mol. The van der Waals surface area contributed by atoms with Gasteiger partial charge in [-0.3, -0.25) is 10.3 Å². The number of carbonyl (C=O) groups is 1. The van der Waals surface area contributed by atoms with Crippen LogP contribution >= 0.6 is 22.9 Å². The van der Waals surface area contributed by atoms with Crippen molar-refractivity contribution in [1.82, 2.24) is 14.7 Å². The molecule has 0 saturated carbocycles. The lowest BCUT2D eigenvalue weighted by Gasteiger charge is -2.25. The fourth-order valence-electron chi connectivity index (χ4n) is 4.58. The molecule has 49 heavy (non-hydrogen) atoms. The van der Waals surface area contributed by atoms with Crippen molar-refractivity contribution in [3.8, 4) is 11.3 Å². The number of thiophene rings is 1. The molecule has 3 heterocycles. The summed E-state index contributed by atoms with van der Waals surface area (Å²) in [5.74, 6) is -3.59. The second-order valence-electron chi connectivity index (χ2n) is 13.8. The van der Waals surface area contributed by atoms with Crippen LogP contribution < -0.4 is 10.0 Å². The van der Waals surface area contributed by atoms with Crippen LogP contribution in [0.3, 0.4) is 0 Å². The summed E-state index contributed by atoms with van der Waals surface area (Å²) in [7, 11) is -1.60. The molecule has 3 atom stereocenters. The van der Waals surface area contributed by atoms with E-state index in [0.717, 1.165) is 5.39 Å². The van der Waals surface area contributed by atoms with E-state index in [1.807, 2.05) is 32.9 Å². The number of carbonyl (C=O) groups excluding carboxylic acids is 1. The standard InChI is InChI=1S/C34H40ClF3N4O5S2/c1-31(2,3)47-30(43)41-26-13-12-23(35)27(40-26)28(42-49(45)32(4,5)6)25-17-20-10-9-11-21(29(20)48-25)24-16-19(14-15-39-24)22(34(36,37)38)18-46-33(7,8)44/h9-17,22,28,42,44H,18H2,1-8H3,(H,40,41,43). The molecule has 3 N–H and O–H groups in total. The van der Waals surface area contributed by atoms with E-state index in [0.29, 0.717) is 26.5 Å². The normalized spacial score (nSPS) is 14.8. The van der Waals surface area contributed by atoms with E-state index in [1.54, 1.807) is 39.0 Å². The summed E-state index contributed by atoms with van der Waals surface area (Å²) in [6.45, 7) is 12.4. The number of alkyl halides is 3. The first-order valence-electron chi connectivity index (χ1n) is 15.3. The smallest absolute Gasteiger partial charge is 0.413 e. The van der Waals surface area contributed by atoms with Crippen LogP contribution in [0.25, 0.3) is 21.3 Å². The average molecular weight is 741 g/mol. The molecule has 0 fully saturated rings. The number of aliphatic hydroxyl groups is 1. The van der Waals surface area contributed by atoms with Crippen LogP contribution in [0.15, 0.2) is 54.7 Å². The third-order valence-electron chi connectivity index (χ3n) is 6.86. The number of pyridine rings is 2. The Bertz CT molecular complexity index is 1830. The molecule has 1 amide bonds. The van der Waals surface area contributed by atoms with Crippen molar-refractivity contribution in [3.05, 3.63) is 75.9 Å². The number of rotatable bonds is 10. The van der Waals surface area contributed by atoms with Gasteiger partial charge in [-0.15, -0.1) is 11.3 Å². The Morgan fingerprint density at radius 2 is 1.73 bits per heavy atom. The topological polar surface area (TPSA) is 123 Å². The van der Waals surface area contributed by atoms with Gasteiger partial charge in [0.15, 0.2) is 5.79 Å². The van der Waals surface area contributed by atoms with Gasteiger partial charge < -0.3 is 14.6 Å². The van der Waals surface area contributed by atoms with Gasteiger partial charge in [0.1, 0.15) is 17.3 Å². The highest BCUT2D eigenvalue weighted by Gasteiger charge is 2.42. The number of nitrogens with one attached hydrogen (secondary N) is 2. The lowest BCUT2D eigenvalue weighted by Crippen LogP contribution is -2.36. The molecule has 3 aromatic heterocycles. The molecule has 266 valence electrons. The molecule has 1 aromatic carbocycles. The molecule has 0 radical (unpaired) electrons. The number of hydrogen-bond acceptors (Lipinski definition) is 8. The number of hydrogen-bond donors (Lipinski definition) is 3. The second kappa shape index (κ2) is 14.6. The van der Waals surface area contributed by atoms with E-state index in [4.69, 9.17) is 21.1 Å². The Hall–Kier alpha value is -3.14. The zero-order valence-electron chi connectivity index (χ0n) is 28.4. The highest BCUT2D eigenvalue weighted by molar-refractivity contribution is 7.84. The van der Waals surface area contributed by atoms with Crippen LogP contribution in [0.1, 0.15) is 83.5 Å². The third kappa shape index (κ3) is 10.4. The summed E-state index contributed by atoms with van der Waals surface area (Å²) in [6.07, 6.45) is -4.05. The van der Waals surface area contributed by atoms with Crippen molar-refractivity contribution < 1.29 is 36.8 Å². The molecule has 0 aliphatic heterocycles. The first-order valence-corrected chi connectivity index (χ1v) is 17.6. The minimum absolute atomic E-state index is 0.0686. The highest BCUT2D eigenvalue weighted by Crippen LogP contribution is 2.42. The maximum Gasteiger partial charge on any atom is 0.413 e. The Morgan fingerprint density at radius 1 is 1.04 bits per heavy atom. The van der Waals surface area contributed by atoms with Gasteiger partial charge in [-0.25, -0.2) is 18.7 Å². The molecular weight excluding hydrogens is 701 g/mol. The van der Waals surface area contributed by atoms with E-state index < -0.39 is 58.0 Å². The van der Waals surface area contributed by atoms with Crippen molar-refractivity contribution in [2.75, 3.05) is 11.9 Å². The Kier molecular flexibility index (Phi) is 11.5. The SMILES string of the molecule is CC(C)(C)OC(=O)Nc1ccc(Cl)c(C(NS(=O)C(C)(C)C)c2cc3cccc(-c4cc(C(COC(C)(C)O)C(F)(F)F)ccn4)c3s2)n1. The molecule has 0 saturated heterocycles. The van der Waals surface area contributed by atoms with E-state index in [2.05, 4.69) is 20.0 Å². The van der Waals surface area contributed by atoms with Crippen LogP contribution in [0, 0.1) is 0 Å². The molecule has 4 aromatic rings. The summed E-state index contributed by atoms with van der Waals surface area (Å²) in [5, 5.41) is 13.5. The van der Waals surface area contributed by atoms with Crippen molar-refractivity contribution in [2.24, 2.45) is 0 Å². The van der Waals surface area contributed by atoms with Gasteiger partial charge in [-0.1, -0.05) is 29.8 Å². The summed E-state index contributed by atoms with van der Waals surface area (Å²) in [4.78, 5) is 22.2. The van der Waals surface area contributed by atoms with Crippen molar-refractivity contribution in [3.63, 3.8) is 0 Å². The van der Waals surface area contributed by atoms with Gasteiger partial charge >= 0.3 is 12.3 Å². The number of fused-ring (bicyclic) bond motifs is 1. The van der Waals surface area contributed by atoms with Crippen molar-refractivity contribution in [2.45, 2.75) is 89.7 Å². The molecule has 3 unspecified atom stereocenters. The lowest BCUT2D eigenvalue weighted by molar-refractivity contribution is -0.214. The third-order valence-corrected chi connectivity index (χ3v) is 10.00. The zero-order valence-corrected chi connectivity index (χ0v) is 30.7. The summed E-state index contributed by atoms with van der Waals surface area (Å²) in [5.41, 5.74) is 0.363. The van der Waals surface area contributed by atoms with E-state index >= 15 is 0 Å². The minimum atomic E-state index is -4.65. The maximum atomic E-state index is 14.2. The molecule has 0 aliphatic rings. The molecular formula is C34H40ClF3N4O5S2. The van der Waals surface area contributed by atoms with Crippen LogP contribution in [0.4, 0.5) is 23.8 Å². The van der Waals surface area contributed by atoms with E-state index in [-0.39, 0.29) is 16.4 Å². The predicted octanol–water partition coefficient (Wildman–Crippen LogP) is 8.89. The number of benzene rings is 1. The predicted molar refractivity (Wildman–Crippen MR) is 188 cm³/mol. The van der Waals surface area contributed by atoms with Gasteiger partial charge in [0.25, 0.3) is 0 Å². The number of aromatic nitrogens is 2. The average Bonchev–Trinajstić information content (AvgIpc) is 3.38. The van der Waals surface area contributed by atoms with Gasteiger partial charge in [-0.05, 0) is 96.7 Å². The molecule has 15 heteroatoms. The Labute approximate surface area is 295 Å². The first kappa shape index (κ1) is 38.7. The number of amides is 1. The highest BCUT2D eigenvalue weighted by atomic mass is 35.5. The minimum Gasteiger partial charge on any atom is -0.444 e. The Balaban J connectivity index is 1.80. The van der Waals surface area contributed by atoms with Crippen molar-refractivity contribution >= 4 is 55.9 Å². The van der Waals surface area contributed by atoms with Crippen LogP contribution in [-0.4, -0.2) is 54.3 Å². The van der Waals surface area contributed by atoms with Gasteiger partial charge in [0, 0.05) is 21.3 Å². The van der Waals surface area contributed by atoms with Gasteiger partial charge in [0.05, 0.1) is 44.8 Å². The van der Waals surface area contributed by atoms with E-state index in [1.165, 1.54) is 49.6 Å². The van der Waals surface area contributed by atoms with Crippen LogP contribution in [-0.2, 0) is 20.5 Å². The number of ether oxygens (including phenoxy) is 2. The summed E-state index contributed by atoms with van der Waals surface area (Å²) >= 11 is 7.99. The van der Waals surface area contributed by atoms with Crippen LogP contribution in [0.2, 0.25) is 5.02 Å². The molecule has 0 bridgehead atoms. The Morgan fingerprint density at radius 3 is 2.35 bits per heavy atom.